The fourth-order valence-corrected chi connectivity index (χ4v) is 2.04. The Kier molecular flexibility index (Phi) is 2.87. The number of halogens is 1. The number of benzene rings is 1. The minimum atomic E-state index is -0.853. The first-order chi connectivity index (χ1) is 9.54. The van der Waals surface area contributed by atoms with Gasteiger partial charge in [0.1, 0.15) is 17.4 Å². The molecule has 1 unspecified atom stereocenters. The molecule has 2 heterocycles. The summed E-state index contributed by atoms with van der Waals surface area (Å²) in [5.41, 5.74) is 6.95. The van der Waals surface area contributed by atoms with Crippen molar-refractivity contribution >= 4 is 16.8 Å². The zero-order valence-corrected chi connectivity index (χ0v) is 10.7. The highest BCUT2D eigenvalue weighted by Crippen LogP contribution is 2.23. The molecule has 0 fully saturated rings. The molecule has 0 radical (unpaired) electrons. The fourth-order valence-electron chi connectivity index (χ4n) is 2.04. The van der Waals surface area contributed by atoms with Crippen LogP contribution < -0.4 is 5.73 Å². The zero-order valence-electron chi connectivity index (χ0n) is 10.7. The summed E-state index contributed by atoms with van der Waals surface area (Å²) in [7, 11) is 1.74. The van der Waals surface area contributed by atoms with Crippen molar-refractivity contribution in [3.05, 3.63) is 53.8 Å². The summed E-state index contributed by atoms with van der Waals surface area (Å²) >= 11 is 0. The van der Waals surface area contributed by atoms with Crippen LogP contribution in [0.4, 0.5) is 4.39 Å². The lowest BCUT2D eigenvalue weighted by atomic mass is 10.1. The second-order valence-corrected chi connectivity index (χ2v) is 4.58. The van der Waals surface area contributed by atoms with Crippen LogP contribution in [0.2, 0.25) is 0 Å². The maximum Gasteiger partial charge on any atom is 0.219 e. The standard InChI is InChI=1S/C14H12FN3O2/c1-18-7-9(6-17-18)13(16)14(19)12-5-8-4-10(15)2-3-11(8)20-12/h2-7,13H,16H2,1H3. The van der Waals surface area contributed by atoms with Gasteiger partial charge in [-0.25, -0.2) is 4.39 Å². The van der Waals surface area contributed by atoms with Gasteiger partial charge in [-0.2, -0.15) is 5.10 Å². The first kappa shape index (κ1) is 12.6. The Morgan fingerprint density at radius 3 is 2.95 bits per heavy atom. The molecule has 0 spiro atoms. The van der Waals surface area contributed by atoms with E-state index in [4.69, 9.17) is 10.2 Å². The molecule has 0 aliphatic rings. The minimum absolute atomic E-state index is 0.113. The molecular weight excluding hydrogens is 261 g/mol. The van der Waals surface area contributed by atoms with Crippen LogP contribution in [0.5, 0.6) is 0 Å². The zero-order chi connectivity index (χ0) is 14.3. The van der Waals surface area contributed by atoms with E-state index >= 15 is 0 Å². The molecule has 0 saturated carbocycles. The van der Waals surface area contributed by atoms with Gasteiger partial charge in [0.05, 0.1) is 6.20 Å². The van der Waals surface area contributed by atoms with E-state index in [0.717, 1.165) is 0 Å². The summed E-state index contributed by atoms with van der Waals surface area (Å²) in [5, 5.41) is 4.51. The smallest absolute Gasteiger partial charge is 0.219 e. The van der Waals surface area contributed by atoms with Crippen LogP contribution >= 0.6 is 0 Å². The fraction of sp³-hybridized carbons (Fsp3) is 0.143. The number of aromatic nitrogens is 2. The van der Waals surface area contributed by atoms with E-state index in [1.807, 2.05) is 0 Å². The Morgan fingerprint density at radius 1 is 1.45 bits per heavy atom. The molecule has 5 nitrogen and oxygen atoms in total. The van der Waals surface area contributed by atoms with Crippen molar-refractivity contribution in [1.29, 1.82) is 0 Å². The van der Waals surface area contributed by atoms with Crippen molar-refractivity contribution in [1.82, 2.24) is 9.78 Å². The molecule has 6 heteroatoms. The van der Waals surface area contributed by atoms with Crippen molar-refractivity contribution in [3.8, 4) is 0 Å². The number of hydrogen-bond donors (Lipinski definition) is 1. The predicted molar refractivity (Wildman–Crippen MR) is 70.6 cm³/mol. The summed E-state index contributed by atoms with van der Waals surface area (Å²) in [6.07, 6.45) is 3.20. The third kappa shape index (κ3) is 2.10. The second kappa shape index (κ2) is 4.57. The average molecular weight is 273 g/mol. The molecule has 2 N–H and O–H groups in total. The molecule has 3 aromatic rings. The number of nitrogens with two attached hydrogens (primary N) is 1. The summed E-state index contributed by atoms with van der Waals surface area (Å²) in [4.78, 5) is 12.3. The molecular formula is C14H12FN3O2. The monoisotopic (exact) mass is 273 g/mol. The van der Waals surface area contributed by atoms with Crippen LogP contribution in [-0.4, -0.2) is 15.6 Å². The number of fused-ring (bicyclic) bond motifs is 1. The number of furan rings is 1. The normalized spacial score (nSPS) is 12.8. The predicted octanol–water partition coefficient (Wildman–Crippen LogP) is 2.19. The van der Waals surface area contributed by atoms with E-state index in [9.17, 15) is 9.18 Å². The van der Waals surface area contributed by atoms with Gasteiger partial charge in [0.2, 0.25) is 5.78 Å². The molecule has 102 valence electrons. The number of carbonyl (C=O) groups excluding carboxylic acids is 1. The van der Waals surface area contributed by atoms with E-state index < -0.39 is 6.04 Å². The van der Waals surface area contributed by atoms with Gasteiger partial charge in [0.25, 0.3) is 0 Å². The molecule has 3 rings (SSSR count). The second-order valence-electron chi connectivity index (χ2n) is 4.58. The number of ketones is 1. The van der Waals surface area contributed by atoms with Crippen LogP contribution in [0.1, 0.15) is 22.2 Å². The van der Waals surface area contributed by atoms with E-state index in [2.05, 4.69) is 5.10 Å². The highest BCUT2D eigenvalue weighted by molar-refractivity contribution is 6.01. The number of Topliss-reactive ketones (excluding diaryl/α,β-unsaturated/α-hetero) is 1. The van der Waals surface area contributed by atoms with Crippen molar-refractivity contribution in [2.24, 2.45) is 12.8 Å². The number of aryl methyl sites for hydroxylation is 1. The van der Waals surface area contributed by atoms with Gasteiger partial charge in [-0.1, -0.05) is 0 Å². The first-order valence-corrected chi connectivity index (χ1v) is 6.02. The number of nitrogens with zero attached hydrogens (tertiary/aromatic N) is 2. The summed E-state index contributed by atoms with van der Waals surface area (Å²) in [6, 6.07) is 4.72. The van der Waals surface area contributed by atoms with Crippen LogP contribution in [0.25, 0.3) is 11.0 Å². The van der Waals surface area contributed by atoms with Crippen molar-refractivity contribution in [3.63, 3.8) is 0 Å². The van der Waals surface area contributed by atoms with Crippen LogP contribution in [0, 0.1) is 5.82 Å². The van der Waals surface area contributed by atoms with Crippen LogP contribution in [-0.2, 0) is 7.05 Å². The van der Waals surface area contributed by atoms with Gasteiger partial charge in [-0.05, 0) is 24.3 Å². The van der Waals surface area contributed by atoms with Crippen molar-refractivity contribution < 1.29 is 13.6 Å². The molecule has 0 aliphatic heterocycles. The third-order valence-corrected chi connectivity index (χ3v) is 3.09. The minimum Gasteiger partial charge on any atom is -0.453 e. The maximum atomic E-state index is 13.1. The van der Waals surface area contributed by atoms with E-state index in [0.29, 0.717) is 16.5 Å². The van der Waals surface area contributed by atoms with Gasteiger partial charge in [0.15, 0.2) is 5.76 Å². The Balaban J connectivity index is 1.95. The van der Waals surface area contributed by atoms with Crippen LogP contribution in [0.15, 0.2) is 41.1 Å². The molecule has 1 atom stereocenters. The van der Waals surface area contributed by atoms with Gasteiger partial charge < -0.3 is 10.2 Å². The average Bonchev–Trinajstić information content (AvgIpc) is 3.02. The van der Waals surface area contributed by atoms with Crippen LogP contribution in [0.3, 0.4) is 0 Å². The molecule has 0 saturated heterocycles. The quantitative estimate of drug-likeness (QED) is 0.742. The lowest BCUT2D eigenvalue weighted by Gasteiger charge is -2.05. The van der Waals surface area contributed by atoms with Gasteiger partial charge in [-0.15, -0.1) is 0 Å². The van der Waals surface area contributed by atoms with E-state index in [1.165, 1.54) is 30.5 Å². The highest BCUT2D eigenvalue weighted by Gasteiger charge is 2.22. The van der Waals surface area contributed by atoms with E-state index in [1.54, 1.807) is 17.9 Å². The summed E-state index contributed by atoms with van der Waals surface area (Å²) < 4.78 is 20.1. The Hall–Kier alpha value is -2.47. The van der Waals surface area contributed by atoms with Gasteiger partial charge >= 0.3 is 0 Å². The molecule has 0 bridgehead atoms. The first-order valence-electron chi connectivity index (χ1n) is 6.02. The summed E-state index contributed by atoms with van der Waals surface area (Å²) in [6.45, 7) is 0. The Morgan fingerprint density at radius 2 is 2.25 bits per heavy atom. The van der Waals surface area contributed by atoms with Crippen molar-refractivity contribution in [2.45, 2.75) is 6.04 Å². The Bertz CT molecular complexity index is 791. The largest absolute Gasteiger partial charge is 0.453 e. The van der Waals surface area contributed by atoms with E-state index in [-0.39, 0.29) is 17.4 Å². The molecule has 2 aromatic heterocycles. The van der Waals surface area contributed by atoms with Gasteiger partial charge in [0, 0.05) is 24.2 Å². The SMILES string of the molecule is Cn1cc(C(N)C(=O)c2cc3cc(F)ccc3o2)cn1. The lowest BCUT2D eigenvalue weighted by molar-refractivity contribution is 0.0936. The highest BCUT2D eigenvalue weighted by atomic mass is 19.1. The maximum absolute atomic E-state index is 13.1. The number of carbonyl (C=O) groups is 1. The number of rotatable bonds is 3. The van der Waals surface area contributed by atoms with Crippen molar-refractivity contribution in [2.75, 3.05) is 0 Å². The molecule has 0 amide bonds. The third-order valence-electron chi connectivity index (χ3n) is 3.09. The molecule has 1 aromatic carbocycles. The summed E-state index contributed by atoms with van der Waals surface area (Å²) in [5.74, 6) is -0.634. The Labute approximate surface area is 113 Å². The molecule has 0 aliphatic carbocycles. The topological polar surface area (TPSA) is 74.0 Å². The number of hydrogen-bond acceptors (Lipinski definition) is 4. The van der Waals surface area contributed by atoms with Gasteiger partial charge in [-0.3, -0.25) is 9.48 Å². The molecule has 20 heavy (non-hydrogen) atoms. The lowest BCUT2D eigenvalue weighted by Crippen LogP contribution is -2.20.